The van der Waals surface area contributed by atoms with Crippen molar-refractivity contribution in [1.82, 2.24) is 0 Å². The molecule has 2 aromatic rings. The summed E-state index contributed by atoms with van der Waals surface area (Å²) in [5, 5.41) is 12.2. The minimum Gasteiger partial charge on any atom is -0.493 e. The number of para-hydroxylation sites is 1. The van der Waals surface area contributed by atoms with E-state index in [0.717, 1.165) is 11.1 Å². The van der Waals surface area contributed by atoms with E-state index in [1.54, 1.807) is 12.1 Å². The molecule has 0 spiro atoms. The van der Waals surface area contributed by atoms with E-state index in [9.17, 15) is 10.1 Å². The number of nitriles is 1. The number of methoxy groups -OCH3 is 2. The summed E-state index contributed by atoms with van der Waals surface area (Å²) < 4.78 is 11.2. The first kappa shape index (κ1) is 19.5. The van der Waals surface area contributed by atoms with Crippen molar-refractivity contribution in [3.8, 4) is 17.6 Å². The molecule has 0 aliphatic heterocycles. The number of carbonyl (C=O) groups is 1. The smallest absolute Gasteiger partial charge is 0.266 e. The molecule has 2 rings (SSSR count). The molecule has 5 nitrogen and oxygen atoms in total. The second kappa shape index (κ2) is 8.54. The lowest BCUT2D eigenvalue weighted by molar-refractivity contribution is -0.112. The number of anilines is 1. The Morgan fingerprint density at radius 3 is 2.38 bits per heavy atom. The Balaban J connectivity index is 2.38. The molecule has 0 aliphatic carbocycles. The zero-order chi connectivity index (χ0) is 19.3. The van der Waals surface area contributed by atoms with Crippen molar-refractivity contribution in [2.24, 2.45) is 0 Å². The predicted octanol–water partition coefficient (Wildman–Crippen LogP) is 4.63. The standard InChI is InChI=1S/C20H19BrN2O3/c1-12-6-5-7-13(2)18(12)23-20(24)15(11-22)8-14-9-16(21)19(26-4)17(10-14)25-3/h5-10H,1-4H3,(H,23,24)/b15-8-. The fourth-order valence-electron chi connectivity index (χ4n) is 2.53. The van der Waals surface area contributed by atoms with Crippen LogP contribution in [0.3, 0.4) is 0 Å². The Hall–Kier alpha value is -2.78. The van der Waals surface area contributed by atoms with Gasteiger partial charge in [-0.3, -0.25) is 4.79 Å². The predicted molar refractivity (Wildman–Crippen MR) is 105 cm³/mol. The molecule has 134 valence electrons. The lowest BCUT2D eigenvalue weighted by Crippen LogP contribution is -2.15. The third-order valence-corrected chi connectivity index (χ3v) is 4.44. The molecule has 0 aromatic heterocycles. The molecule has 0 bridgehead atoms. The largest absolute Gasteiger partial charge is 0.493 e. The van der Waals surface area contributed by atoms with Crippen LogP contribution in [0.2, 0.25) is 0 Å². The van der Waals surface area contributed by atoms with Crippen molar-refractivity contribution in [1.29, 1.82) is 5.26 Å². The molecular formula is C20H19BrN2O3. The van der Waals surface area contributed by atoms with Crippen LogP contribution in [0.5, 0.6) is 11.5 Å². The van der Waals surface area contributed by atoms with Crippen LogP contribution in [0.1, 0.15) is 16.7 Å². The lowest BCUT2D eigenvalue weighted by Gasteiger charge is -2.12. The molecule has 26 heavy (non-hydrogen) atoms. The SMILES string of the molecule is COc1cc(/C=C(/C#N)C(=O)Nc2c(C)cccc2C)cc(Br)c1OC. The van der Waals surface area contributed by atoms with Crippen molar-refractivity contribution >= 4 is 33.6 Å². The van der Waals surface area contributed by atoms with Gasteiger partial charge in [-0.05, 0) is 64.7 Å². The number of aryl methyl sites for hydroxylation is 2. The summed E-state index contributed by atoms with van der Waals surface area (Å²) in [4.78, 5) is 12.5. The summed E-state index contributed by atoms with van der Waals surface area (Å²) in [5.41, 5.74) is 3.22. The Morgan fingerprint density at radius 1 is 1.19 bits per heavy atom. The molecule has 0 fully saturated rings. The number of carbonyl (C=O) groups excluding carboxylic acids is 1. The monoisotopic (exact) mass is 414 g/mol. The van der Waals surface area contributed by atoms with Gasteiger partial charge in [0.15, 0.2) is 11.5 Å². The van der Waals surface area contributed by atoms with Crippen molar-refractivity contribution in [3.05, 3.63) is 57.1 Å². The number of ether oxygens (including phenoxy) is 2. The van der Waals surface area contributed by atoms with E-state index in [-0.39, 0.29) is 5.57 Å². The molecule has 0 saturated carbocycles. The maximum absolute atomic E-state index is 12.5. The third kappa shape index (κ3) is 4.24. The highest BCUT2D eigenvalue weighted by molar-refractivity contribution is 9.10. The summed E-state index contributed by atoms with van der Waals surface area (Å²) in [6.07, 6.45) is 1.51. The quantitative estimate of drug-likeness (QED) is 0.571. The topological polar surface area (TPSA) is 71.3 Å². The minimum absolute atomic E-state index is 0.00762. The van der Waals surface area contributed by atoms with Crippen molar-refractivity contribution < 1.29 is 14.3 Å². The van der Waals surface area contributed by atoms with Gasteiger partial charge in [-0.1, -0.05) is 18.2 Å². The zero-order valence-electron chi connectivity index (χ0n) is 15.0. The molecule has 0 unspecified atom stereocenters. The average molecular weight is 415 g/mol. The number of halogens is 1. The van der Waals surface area contributed by atoms with Crippen LogP contribution in [0.4, 0.5) is 5.69 Å². The van der Waals surface area contributed by atoms with E-state index in [2.05, 4.69) is 21.2 Å². The van der Waals surface area contributed by atoms with Crippen LogP contribution in [0.25, 0.3) is 6.08 Å². The molecule has 0 saturated heterocycles. The molecule has 6 heteroatoms. The van der Waals surface area contributed by atoms with Crippen molar-refractivity contribution in [2.45, 2.75) is 13.8 Å². The van der Waals surface area contributed by atoms with Crippen molar-refractivity contribution in [2.75, 3.05) is 19.5 Å². The first-order chi connectivity index (χ1) is 12.4. The first-order valence-electron chi connectivity index (χ1n) is 7.82. The third-order valence-electron chi connectivity index (χ3n) is 3.85. The second-order valence-corrected chi connectivity index (χ2v) is 6.48. The van der Waals surface area contributed by atoms with E-state index in [4.69, 9.17) is 9.47 Å². The summed E-state index contributed by atoms with van der Waals surface area (Å²) in [7, 11) is 3.06. The fourth-order valence-corrected chi connectivity index (χ4v) is 3.15. The maximum Gasteiger partial charge on any atom is 0.266 e. The van der Waals surface area contributed by atoms with Crippen molar-refractivity contribution in [3.63, 3.8) is 0 Å². The number of rotatable bonds is 5. The highest BCUT2D eigenvalue weighted by atomic mass is 79.9. The van der Waals surface area contributed by atoms with E-state index in [0.29, 0.717) is 27.2 Å². The van der Waals surface area contributed by atoms with Crippen LogP contribution in [-0.4, -0.2) is 20.1 Å². The first-order valence-corrected chi connectivity index (χ1v) is 8.61. The highest BCUT2D eigenvalue weighted by Gasteiger charge is 2.14. The number of hydrogen-bond acceptors (Lipinski definition) is 4. The van der Waals surface area contributed by atoms with Gasteiger partial charge in [0.2, 0.25) is 0 Å². The average Bonchev–Trinajstić information content (AvgIpc) is 2.62. The van der Waals surface area contributed by atoms with Crippen LogP contribution in [0.15, 0.2) is 40.4 Å². The number of amides is 1. The molecular weight excluding hydrogens is 396 g/mol. The number of nitrogens with zero attached hydrogens (tertiary/aromatic N) is 1. The van der Waals surface area contributed by atoms with Gasteiger partial charge >= 0.3 is 0 Å². The minimum atomic E-state index is -0.462. The van der Waals surface area contributed by atoms with E-state index >= 15 is 0 Å². The number of benzene rings is 2. The summed E-state index contributed by atoms with van der Waals surface area (Å²) in [6, 6.07) is 11.1. The fraction of sp³-hybridized carbons (Fsp3) is 0.200. The van der Waals surface area contributed by atoms with E-state index < -0.39 is 5.91 Å². The normalized spacial score (nSPS) is 10.8. The van der Waals surface area contributed by atoms with E-state index in [1.807, 2.05) is 38.1 Å². The van der Waals surface area contributed by atoms with Gasteiger partial charge in [0.05, 0.1) is 18.7 Å². The molecule has 1 amide bonds. The number of nitrogens with one attached hydrogen (secondary N) is 1. The van der Waals surface area contributed by atoms with Gasteiger partial charge in [-0.2, -0.15) is 5.26 Å². The summed E-state index contributed by atoms with van der Waals surface area (Å²) >= 11 is 3.40. The Labute approximate surface area is 161 Å². The van der Waals surface area contributed by atoms with Crippen LogP contribution in [-0.2, 0) is 4.79 Å². The zero-order valence-corrected chi connectivity index (χ0v) is 16.6. The summed E-state index contributed by atoms with van der Waals surface area (Å²) in [5.74, 6) is 0.583. The molecule has 1 N–H and O–H groups in total. The Bertz CT molecular complexity index is 894. The lowest BCUT2D eigenvalue weighted by atomic mass is 10.1. The molecule has 2 aromatic carbocycles. The van der Waals surface area contributed by atoms with Crippen LogP contribution in [0, 0.1) is 25.2 Å². The van der Waals surface area contributed by atoms with E-state index in [1.165, 1.54) is 20.3 Å². The molecule has 0 heterocycles. The van der Waals surface area contributed by atoms with Gasteiger partial charge in [0.25, 0.3) is 5.91 Å². The number of hydrogen-bond donors (Lipinski definition) is 1. The van der Waals surface area contributed by atoms with Crippen LogP contribution >= 0.6 is 15.9 Å². The maximum atomic E-state index is 12.5. The summed E-state index contributed by atoms with van der Waals surface area (Å²) in [6.45, 7) is 3.81. The van der Waals surface area contributed by atoms with Gasteiger partial charge in [-0.15, -0.1) is 0 Å². The highest BCUT2D eigenvalue weighted by Crippen LogP contribution is 2.36. The molecule has 0 aliphatic rings. The Kier molecular flexibility index (Phi) is 6.42. The molecule has 0 atom stereocenters. The van der Waals surface area contributed by atoms with Gasteiger partial charge in [0, 0.05) is 5.69 Å². The second-order valence-electron chi connectivity index (χ2n) is 5.63. The van der Waals surface area contributed by atoms with Crippen LogP contribution < -0.4 is 14.8 Å². The Morgan fingerprint density at radius 2 is 1.85 bits per heavy atom. The van der Waals surface area contributed by atoms with Gasteiger partial charge < -0.3 is 14.8 Å². The van der Waals surface area contributed by atoms with Gasteiger partial charge in [0.1, 0.15) is 11.6 Å². The molecule has 0 radical (unpaired) electrons. The van der Waals surface area contributed by atoms with Gasteiger partial charge in [-0.25, -0.2) is 0 Å².